The van der Waals surface area contributed by atoms with Crippen molar-refractivity contribution in [1.82, 2.24) is 5.32 Å². The molecule has 1 unspecified atom stereocenters. The number of amides is 1. The van der Waals surface area contributed by atoms with Crippen LogP contribution in [0.3, 0.4) is 0 Å². The van der Waals surface area contributed by atoms with Crippen LogP contribution in [0.2, 0.25) is 0 Å². The Kier molecular flexibility index (Phi) is 5.11. The van der Waals surface area contributed by atoms with Crippen LogP contribution in [0.15, 0.2) is 36.9 Å². The van der Waals surface area contributed by atoms with Gasteiger partial charge in [0.15, 0.2) is 5.78 Å². The molecule has 1 N–H and O–H groups in total. The van der Waals surface area contributed by atoms with Gasteiger partial charge < -0.3 is 10.1 Å². The third-order valence-electron chi connectivity index (χ3n) is 2.66. The Morgan fingerprint density at radius 3 is 2.44 bits per heavy atom. The molecule has 96 valence electrons. The second-order valence-electron chi connectivity index (χ2n) is 3.78. The zero-order valence-electron chi connectivity index (χ0n) is 10.6. The van der Waals surface area contributed by atoms with E-state index in [4.69, 9.17) is 4.74 Å². The third-order valence-corrected chi connectivity index (χ3v) is 2.66. The van der Waals surface area contributed by atoms with Gasteiger partial charge in [0, 0.05) is 12.6 Å². The largest absolute Gasteiger partial charge is 0.497 e. The van der Waals surface area contributed by atoms with Crippen molar-refractivity contribution in [2.24, 2.45) is 5.92 Å². The standard InChI is InChI=1S/C14H17NO3/c1-4-5-12(14(17)15-2)13(16)10-6-8-11(18-3)9-7-10/h4,6-9,12H,1,5H2,2-3H3,(H,15,17). The maximum absolute atomic E-state index is 12.2. The molecule has 1 aromatic rings. The van der Waals surface area contributed by atoms with Crippen LogP contribution in [0.5, 0.6) is 5.75 Å². The van der Waals surface area contributed by atoms with E-state index in [1.807, 2.05) is 0 Å². The summed E-state index contributed by atoms with van der Waals surface area (Å²) < 4.78 is 5.02. The minimum Gasteiger partial charge on any atom is -0.497 e. The van der Waals surface area contributed by atoms with Gasteiger partial charge in [0.2, 0.25) is 5.91 Å². The molecule has 4 heteroatoms. The zero-order valence-corrected chi connectivity index (χ0v) is 10.6. The summed E-state index contributed by atoms with van der Waals surface area (Å²) in [6.45, 7) is 3.57. The molecule has 0 aliphatic carbocycles. The topological polar surface area (TPSA) is 55.4 Å². The number of hydrogen-bond acceptors (Lipinski definition) is 3. The third kappa shape index (κ3) is 3.20. The molecule has 0 bridgehead atoms. The molecule has 0 aliphatic rings. The van der Waals surface area contributed by atoms with Crippen LogP contribution < -0.4 is 10.1 Å². The SMILES string of the molecule is C=CCC(C(=O)NC)C(=O)c1ccc(OC)cc1. The molecule has 0 spiro atoms. The average Bonchev–Trinajstić information content (AvgIpc) is 2.43. The molecule has 1 atom stereocenters. The molecular weight excluding hydrogens is 230 g/mol. The lowest BCUT2D eigenvalue weighted by molar-refractivity contribution is -0.123. The number of carbonyl (C=O) groups excluding carboxylic acids is 2. The zero-order chi connectivity index (χ0) is 13.5. The molecule has 0 saturated heterocycles. The quantitative estimate of drug-likeness (QED) is 0.474. The van der Waals surface area contributed by atoms with E-state index in [1.54, 1.807) is 37.5 Å². The number of hydrogen-bond donors (Lipinski definition) is 1. The van der Waals surface area contributed by atoms with Crippen LogP contribution in [0.4, 0.5) is 0 Å². The summed E-state index contributed by atoms with van der Waals surface area (Å²) in [5.41, 5.74) is 0.492. The van der Waals surface area contributed by atoms with Crippen LogP contribution >= 0.6 is 0 Å². The number of ether oxygens (including phenoxy) is 1. The molecule has 1 rings (SSSR count). The molecule has 0 aromatic heterocycles. The van der Waals surface area contributed by atoms with Crippen molar-refractivity contribution in [2.45, 2.75) is 6.42 Å². The Bertz CT molecular complexity index is 437. The number of rotatable bonds is 6. The van der Waals surface area contributed by atoms with Crippen LogP contribution in [0, 0.1) is 5.92 Å². The van der Waals surface area contributed by atoms with Gasteiger partial charge in [0.25, 0.3) is 0 Å². The van der Waals surface area contributed by atoms with E-state index in [1.165, 1.54) is 7.05 Å². The van der Waals surface area contributed by atoms with Gasteiger partial charge in [-0.1, -0.05) is 6.08 Å². The van der Waals surface area contributed by atoms with Gasteiger partial charge in [0.1, 0.15) is 11.7 Å². The van der Waals surface area contributed by atoms with Crippen molar-refractivity contribution in [1.29, 1.82) is 0 Å². The fourth-order valence-corrected chi connectivity index (χ4v) is 1.63. The second kappa shape index (κ2) is 6.59. The Morgan fingerprint density at radius 2 is 2.00 bits per heavy atom. The molecule has 1 amide bonds. The van der Waals surface area contributed by atoms with Crippen LogP contribution in [-0.2, 0) is 4.79 Å². The molecule has 0 radical (unpaired) electrons. The lowest BCUT2D eigenvalue weighted by atomic mass is 9.94. The first kappa shape index (κ1) is 14.0. The Morgan fingerprint density at radius 1 is 1.39 bits per heavy atom. The summed E-state index contributed by atoms with van der Waals surface area (Å²) in [6.07, 6.45) is 1.89. The second-order valence-corrected chi connectivity index (χ2v) is 3.78. The van der Waals surface area contributed by atoms with Gasteiger partial charge in [-0.05, 0) is 30.7 Å². The lowest BCUT2D eigenvalue weighted by Crippen LogP contribution is -2.32. The highest BCUT2D eigenvalue weighted by atomic mass is 16.5. The van der Waals surface area contributed by atoms with E-state index >= 15 is 0 Å². The molecule has 1 aromatic carbocycles. The maximum atomic E-state index is 12.2. The highest BCUT2D eigenvalue weighted by molar-refractivity contribution is 6.10. The van der Waals surface area contributed by atoms with E-state index in [9.17, 15) is 9.59 Å². The number of ketones is 1. The Labute approximate surface area is 107 Å². The number of nitrogens with one attached hydrogen (secondary N) is 1. The summed E-state index contributed by atoms with van der Waals surface area (Å²) in [5.74, 6) is -0.555. The predicted molar refractivity (Wildman–Crippen MR) is 69.7 cm³/mol. The first-order chi connectivity index (χ1) is 8.63. The van der Waals surface area contributed by atoms with Crippen LogP contribution in [0.1, 0.15) is 16.8 Å². The van der Waals surface area contributed by atoms with Gasteiger partial charge in [-0.2, -0.15) is 0 Å². The highest BCUT2D eigenvalue weighted by Crippen LogP contribution is 2.17. The van der Waals surface area contributed by atoms with E-state index in [0.717, 1.165) is 0 Å². The Hall–Kier alpha value is -2.10. The molecule has 18 heavy (non-hydrogen) atoms. The number of methoxy groups -OCH3 is 1. The lowest BCUT2D eigenvalue weighted by Gasteiger charge is -2.12. The van der Waals surface area contributed by atoms with Gasteiger partial charge >= 0.3 is 0 Å². The molecule has 0 saturated carbocycles. The van der Waals surface area contributed by atoms with E-state index < -0.39 is 5.92 Å². The number of Topliss-reactive ketones (excluding diaryl/α,β-unsaturated/α-hetero) is 1. The first-order valence-corrected chi connectivity index (χ1v) is 5.64. The molecule has 4 nitrogen and oxygen atoms in total. The van der Waals surface area contributed by atoms with Gasteiger partial charge in [-0.25, -0.2) is 0 Å². The number of carbonyl (C=O) groups is 2. The van der Waals surface area contributed by atoms with Crippen molar-refractivity contribution in [3.05, 3.63) is 42.5 Å². The first-order valence-electron chi connectivity index (χ1n) is 5.64. The molecular formula is C14H17NO3. The van der Waals surface area contributed by atoms with E-state index in [-0.39, 0.29) is 11.7 Å². The molecule has 0 heterocycles. The maximum Gasteiger partial charge on any atom is 0.231 e. The minimum absolute atomic E-state index is 0.211. The van der Waals surface area contributed by atoms with Crippen molar-refractivity contribution in [3.8, 4) is 5.75 Å². The van der Waals surface area contributed by atoms with E-state index in [2.05, 4.69) is 11.9 Å². The number of allylic oxidation sites excluding steroid dienone is 1. The summed E-state index contributed by atoms with van der Waals surface area (Å²) in [5, 5.41) is 2.49. The van der Waals surface area contributed by atoms with Crippen LogP contribution in [-0.4, -0.2) is 25.8 Å². The monoisotopic (exact) mass is 247 g/mol. The normalized spacial score (nSPS) is 11.4. The number of benzene rings is 1. The minimum atomic E-state index is -0.721. The van der Waals surface area contributed by atoms with Crippen molar-refractivity contribution >= 4 is 11.7 Å². The van der Waals surface area contributed by atoms with Crippen LogP contribution in [0.25, 0.3) is 0 Å². The van der Waals surface area contributed by atoms with E-state index in [0.29, 0.717) is 17.7 Å². The average molecular weight is 247 g/mol. The summed E-state index contributed by atoms with van der Waals surface area (Å²) in [7, 11) is 3.07. The fraction of sp³-hybridized carbons (Fsp3) is 0.286. The Balaban J connectivity index is 2.93. The van der Waals surface area contributed by atoms with Crippen molar-refractivity contribution in [3.63, 3.8) is 0 Å². The summed E-state index contributed by atoms with van der Waals surface area (Å²) in [4.78, 5) is 23.8. The van der Waals surface area contributed by atoms with Crippen molar-refractivity contribution < 1.29 is 14.3 Å². The van der Waals surface area contributed by atoms with Crippen molar-refractivity contribution in [2.75, 3.05) is 14.2 Å². The summed E-state index contributed by atoms with van der Waals surface area (Å²) >= 11 is 0. The van der Waals surface area contributed by atoms with Gasteiger partial charge in [0.05, 0.1) is 7.11 Å². The van der Waals surface area contributed by atoms with Gasteiger partial charge in [-0.3, -0.25) is 9.59 Å². The van der Waals surface area contributed by atoms with Gasteiger partial charge in [-0.15, -0.1) is 6.58 Å². The molecule has 0 aliphatic heterocycles. The summed E-state index contributed by atoms with van der Waals surface area (Å²) in [6, 6.07) is 6.70. The smallest absolute Gasteiger partial charge is 0.231 e. The predicted octanol–water partition coefficient (Wildman–Crippen LogP) is 1.82. The highest BCUT2D eigenvalue weighted by Gasteiger charge is 2.25. The molecule has 0 fully saturated rings. The fourth-order valence-electron chi connectivity index (χ4n) is 1.63.